The Labute approximate surface area is 137 Å². The van der Waals surface area contributed by atoms with Crippen molar-refractivity contribution in [1.29, 1.82) is 0 Å². The van der Waals surface area contributed by atoms with Crippen LogP contribution in [0.1, 0.15) is 22.8 Å². The number of anilines is 1. The lowest BCUT2D eigenvalue weighted by molar-refractivity contribution is -0.384. The number of hydrogen-bond acceptors (Lipinski definition) is 4. The van der Waals surface area contributed by atoms with E-state index in [9.17, 15) is 19.7 Å². The minimum absolute atomic E-state index is 0.00557. The van der Waals surface area contributed by atoms with Crippen LogP contribution in [0.5, 0.6) is 0 Å². The van der Waals surface area contributed by atoms with Gasteiger partial charge in [0.25, 0.3) is 11.6 Å². The molecule has 2 aromatic carbocycles. The summed E-state index contributed by atoms with van der Waals surface area (Å²) in [4.78, 5) is 33.4. The topological polar surface area (TPSA) is 110 Å². The first kappa shape index (κ1) is 16.9. The van der Waals surface area contributed by atoms with Crippen LogP contribution in [0.2, 0.25) is 0 Å². The van der Waals surface area contributed by atoms with Gasteiger partial charge in [-0.2, -0.15) is 0 Å². The van der Waals surface area contributed by atoms with E-state index in [-0.39, 0.29) is 16.9 Å². The number of nitro benzene ring substituents is 1. The number of non-ortho nitro benzene ring substituents is 1. The fourth-order valence-electron chi connectivity index (χ4n) is 2.01. The molecule has 0 atom stereocenters. The van der Waals surface area contributed by atoms with E-state index in [4.69, 9.17) is 5.11 Å². The quantitative estimate of drug-likeness (QED) is 0.497. The Bertz CT molecular complexity index is 825. The van der Waals surface area contributed by atoms with Crippen molar-refractivity contribution in [3.8, 4) is 0 Å². The smallest absolute Gasteiger partial charge is 0.337 e. The van der Waals surface area contributed by atoms with Crippen molar-refractivity contribution in [2.75, 3.05) is 5.32 Å². The predicted octanol–water partition coefficient (Wildman–Crippen LogP) is 3.34. The van der Waals surface area contributed by atoms with E-state index < -0.39 is 16.8 Å². The molecule has 0 bridgehead atoms. The van der Waals surface area contributed by atoms with Gasteiger partial charge in [0.05, 0.1) is 16.2 Å². The third kappa shape index (κ3) is 4.04. The van der Waals surface area contributed by atoms with Crippen LogP contribution in [-0.4, -0.2) is 21.9 Å². The van der Waals surface area contributed by atoms with Crippen LogP contribution in [0.25, 0.3) is 6.08 Å². The van der Waals surface area contributed by atoms with Crippen molar-refractivity contribution < 1.29 is 19.6 Å². The van der Waals surface area contributed by atoms with Crippen molar-refractivity contribution >= 4 is 29.3 Å². The standard InChI is InChI=1S/C17H14N2O5/c1-11(10-12-6-8-13(9-7-12)19(23)24)16(20)18-15-5-3-2-4-14(15)17(21)22/h2-10H,1H3,(H,18,20)(H,21,22)/b11-10+. The Morgan fingerprint density at radius 2 is 1.75 bits per heavy atom. The highest BCUT2D eigenvalue weighted by molar-refractivity contribution is 6.09. The van der Waals surface area contributed by atoms with Crippen LogP contribution < -0.4 is 5.32 Å². The van der Waals surface area contributed by atoms with Crippen LogP contribution in [0.4, 0.5) is 11.4 Å². The lowest BCUT2D eigenvalue weighted by atomic mass is 10.1. The van der Waals surface area contributed by atoms with Crippen LogP contribution in [0.15, 0.2) is 54.1 Å². The summed E-state index contributed by atoms with van der Waals surface area (Å²) in [7, 11) is 0. The number of carbonyl (C=O) groups is 2. The van der Waals surface area contributed by atoms with Crippen molar-refractivity contribution in [3.05, 3.63) is 75.3 Å². The molecule has 0 aliphatic carbocycles. The molecule has 0 aliphatic rings. The third-order valence-corrected chi connectivity index (χ3v) is 3.25. The number of benzene rings is 2. The molecule has 0 aliphatic heterocycles. The number of para-hydroxylation sites is 1. The van der Waals surface area contributed by atoms with E-state index in [1.54, 1.807) is 25.1 Å². The highest BCUT2D eigenvalue weighted by Crippen LogP contribution is 2.18. The van der Waals surface area contributed by atoms with Crippen LogP contribution in [-0.2, 0) is 4.79 Å². The number of carbonyl (C=O) groups excluding carboxylic acids is 1. The van der Waals surface area contributed by atoms with Crippen molar-refractivity contribution in [2.24, 2.45) is 0 Å². The average molecular weight is 326 g/mol. The van der Waals surface area contributed by atoms with Gasteiger partial charge in [-0.3, -0.25) is 14.9 Å². The molecular weight excluding hydrogens is 312 g/mol. The van der Waals surface area contributed by atoms with Crippen molar-refractivity contribution in [1.82, 2.24) is 0 Å². The molecule has 2 rings (SSSR count). The zero-order valence-corrected chi connectivity index (χ0v) is 12.7. The number of aromatic carboxylic acids is 1. The number of carboxylic acid groups (broad SMARTS) is 1. The van der Waals surface area contributed by atoms with Gasteiger partial charge in [0.1, 0.15) is 0 Å². The molecule has 2 N–H and O–H groups in total. The summed E-state index contributed by atoms with van der Waals surface area (Å²) in [5, 5.41) is 22.3. The van der Waals surface area contributed by atoms with E-state index in [2.05, 4.69) is 5.32 Å². The molecular formula is C17H14N2O5. The molecule has 7 heteroatoms. The third-order valence-electron chi connectivity index (χ3n) is 3.25. The fraction of sp³-hybridized carbons (Fsp3) is 0.0588. The molecule has 0 saturated carbocycles. The lowest BCUT2D eigenvalue weighted by Gasteiger charge is -2.08. The van der Waals surface area contributed by atoms with Gasteiger partial charge in [0.15, 0.2) is 0 Å². The maximum absolute atomic E-state index is 12.2. The summed E-state index contributed by atoms with van der Waals surface area (Å²) in [5.74, 6) is -1.59. The Morgan fingerprint density at radius 1 is 1.12 bits per heavy atom. The number of rotatable bonds is 5. The summed E-state index contributed by atoms with van der Waals surface area (Å²) in [5.41, 5.74) is 1.12. The Balaban J connectivity index is 2.17. The summed E-state index contributed by atoms with van der Waals surface area (Å²) < 4.78 is 0. The molecule has 0 spiro atoms. The number of nitrogens with one attached hydrogen (secondary N) is 1. The first-order valence-electron chi connectivity index (χ1n) is 6.95. The van der Waals surface area contributed by atoms with Gasteiger partial charge in [0, 0.05) is 17.7 Å². The van der Waals surface area contributed by atoms with Gasteiger partial charge in [-0.25, -0.2) is 4.79 Å². The second kappa shape index (κ2) is 7.19. The largest absolute Gasteiger partial charge is 0.478 e. The maximum Gasteiger partial charge on any atom is 0.337 e. The van der Waals surface area contributed by atoms with Gasteiger partial charge in [-0.15, -0.1) is 0 Å². The van der Waals surface area contributed by atoms with E-state index in [0.717, 1.165) is 0 Å². The number of nitro groups is 1. The fourth-order valence-corrected chi connectivity index (χ4v) is 2.01. The molecule has 0 radical (unpaired) electrons. The number of nitrogens with zero attached hydrogens (tertiary/aromatic N) is 1. The van der Waals surface area contributed by atoms with E-state index in [0.29, 0.717) is 11.1 Å². The van der Waals surface area contributed by atoms with Crippen LogP contribution in [0.3, 0.4) is 0 Å². The molecule has 0 unspecified atom stereocenters. The minimum Gasteiger partial charge on any atom is -0.478 e. The molecule has 1 amide bonds. The van der Waals surface area contributed by atoms with E-state index in [1.807, 2.05) is 0 Å². The predicted molar refractivity (Wildman–Crippen MR) is 88.8 cm³/mol. The molecule has 24 heavy (non-hydrogen) atoms. The van der Waals surface area contributed by atoms with E-state index in [1.165, 1.54) is 36.4 Å². The van der Waals surface area contributed by atoms with Gasteiger partial charge in [0.2, 0.25) is 0 Å². The molecule has 0 aromatic heterocycles. The first-order valence-corrected chi connectivity index (χ1v) is 6.95. The second-order valence-corrected chi connectivity index (χ2v) is 4.98. The van der Waals surface area contributed by atoms with Gasteiger partial charge >= 0.3 is 5.97 Å². The van der Waals surface area contributed by atoms with Gasteiger partial charge in [-0.1, -0.05) is 12.1 Å². The summed E-state index contributed by atoms with van der Waals surface area (Å²) in [6, 6.07) is 11.8. The maximum atomic E-state index is 12.2. The summed E-state index contributed by atoms with van der Waals surface area (Å²) in [6.07, 6.45) is 1.56. The zero-order valence-electron chi connectivity index (χ0n) is 12.7. The van der Waals surface area contributed by atoms with Crippen molar-refractivity contribution in [2.45, 2.75) is 6.92 Å². The second-order valence-electron chi connectivity index (χ2n) is 4.98. The molecule has 0 saturated heterocycles. The summed E-state index contributed by atoms with van der Waals surface area (Å²) >= 11 is 0. The normalized spacial score (nSPS) is 11.0. The average Bonchev–Trinajstić information content (AvgIpc) is 2.55. The van der Waals surface area contributed by atoms with Gasteiger partial charge in [-0.05, 0) is 42.8 Å². The lowest BCUT2D eigenvalue weighted by Crippen LogP contribution is -2.15. The molecule has 122 valence electrons. The highest BCUT2D eigenvalue weighted by Gasteiger charge is 2.12. The van der Waals surface area contributed by atoms with Crippen LogP contribution in [0, 0.1) is 10.1 Å². The zero-order chi connectivity index (χ0) is 17.7. The monoisotopic (exact) mass is 326 g/mol. The van der Waals surface area contributed by atoms with Crippen LogP contribution >= 0.6 is 0 Å². The SMILES string of the molecule is C/C(=C\c1ccc([N+](=O)[O-])cc1)C(=O)Nc1ccccc1C(=O)O. The summed E-state index contributed by atoms with van der Waals surface area (Å²) in [6.45, 7) is 1.57. The highest BCUT2D eigenvalue weighted by atomic mass is 16.6. The van der Waals surface area contributed by atoms with E-state index >= 15 is 0 Å². The molecule has 0 heterocycles. The molecule has 2 aromatic rings. The Hall–Kier alpha value is -3.48. The Kier molecular flexibility index (Phi) is 5.06. The number of amides is 1. The first-order chi connectivity index (χ1) is 11.4. The molecule has 7 nitrogen and oxygen atoms in total. The minimum atomic E-state index is -1.14. The van der Waals surface area contributed by atoms with Gasteiger partial charge < -0.3 is 10.4 Å². The number of carboxylic acids is 1. The Morgan fingerprint density at radius 3 is 2.33 bits per heavy atom. The number of hydrogen-bond donors (Lipinski definition) is 2. The molecule has 0 fully saturated rings. The van der Waals surface area contributed by atoms with Crippen molar-refractivity contribution in [3.63, 3.8) is 0 Å².